The standard InChI is InChI=1S/C8H18N2O3/c1-10(2)6-3-5(4-9)13-8(12)7(6)11/h5-8,11-12H,3-4,9H2,1-2H3/t5-,6?,7?,8+/m0/s1. The smallest absolute Gasteiger partial charge is 0.182 e. The second-order valence-corrected chi connectivity index (χ2v) is 3.64. The zero-order chi connectivity index (χ0) is 10.0. The van der Waals surface area contributed by atoms with E-state index in [1.165, 1.54) is 0 Å². The highest BCUT2D eigenvalue weighted by molar-refractivity contribution is 4.86. The maximum absolute atomic E-state index is 9.56. The quantitative estimate of drug-likeness (QED) is 0.486. The molecule has 1 heterocycles. The minimum atomic E-state index is -1.12. The summed E-state index contributed by atoms with van der Waals surface area (Å²) in [5, 5.41) is 18.9. The molecule has 4 atom stereocenters. The summed E-state index contributed by atoms with van der Waals surface area (Å²) < 4.78 is 5.08. The predicted octanol–water partition coefficient (Wildman–Crippen LogP) is -1.66. The summed E-state index contributed by atoms with van der Waals surface area (Å²) in [6.07, 6.45) is -1.47. The van der Waals surface area contributed by atoms with E-state index in [0.717, 1.165) is 0 Å². The van der Waals surface area contributed by atoms with Crippen LogP contribution in [0.3, 0.4) is 0 Å². The van der Waals surface area contributed by atoms with Crippen LogP contribution in [0.25, 0.3) is 0 Å². The van der Waals surface area contributed by atoms with Crippen molar-refractivity contribution >= 4 is 0 Å². The molecule has 0 aliphatic carbocycles. The van der Waals surface area contributed by atoms with Crippen LogP contribution < -0.4 is 5.73 Å². The monoisotopic (exact) mass is 190 g/mol. The number of nitrogens with two attached hydrogens (primary N) is 1. The van der Waals surface area contributed by atoms with Gasteiger partial charge in [-0.25, -0.2) is 0 Å². The molecular formula is C8H18N2O3. The van der Waals surface area contributed by atoms with E-state index in [2.05, 4.69) is 0 Å². The predicted molar refractivity (Wildman–Crippen MR) is 48.0 cm³/mol. The van der Waals surface area contributed by atoms with Crippen molar-refractivity contribution in [1.82, 2.24) is 4.90 Å². The van der Waals surface area contributed by atoms with Gasteiger partial charge in [-0.1, -0.05) is 0 Å². The number of likely N-dealkylation sites (N-methyl/N-ethyl adjacent to an activating group) is 1. The van der Waals surface area contributed by atoms with Gasteiger partial charge in [-0.2, -0.15) is 0 Å². The first-order valence-corrected chi connectivity index (χ1v) is 4.44. The lowest BCUT2D eigenvalue weighted by Gasteiger charge is -2.39. The Morgan fingerprint density at radius 1 is 1.46 bits per heavy atom. The first-order valence-electron chi connectivity index (χ1n) is 4.44. The Hall–Kier alpha value is -0.200. The van der Waals surface area contributed by atoms with E-state index in [9.17, 15) is 10.2 Å². The molecule has 0 radical (unpaired) electrons. The van der Waals surface area contributed by atoms with Crippen molar-refractivity contribution in [3.05, 3.63) is 0 Å². The molecule has 0 amide bonds. The van der Waals surface area contributed by atoms with E-state index in [4.69, 9.17) is 10.5 Å². The van der Waals surface area contributed by atoms with Crippen LogP contribution in [0.5, 0.6) is 0 Å². The highest BCUT2D eigenvalue weighted by Crippen LogP contribution is 2.21. The van der Waals surface area contributed by atoms with E-state index < -0.39 is 12.4 Å². The molecule has 0 aromatic heterocycles. The third-order valence-corrected chi connectivity index (χ3v) is 2.45. The van der Waals surface area contributed by atoms with Gasteiger partial charge in [0.15, 0.2) is 6.29 Å². The summed E-state index contributed by atoms with van der Waals surface area (Å²) in [5.74, 6) is 0. The van der Waals surface area contributed by atoms with Crippen LogP contribution in [-0.2, 0) is 4.74 Å². The highest BCUT2D eigenvalue weighted by atomic mass is 16.6. The Balaban J connectivity index is 2.60. The molecule has 0 spiro atoms. The third-order valence-electron chi connectivity index (χ3n) is 2.45. The van der Waals surface area contributed by atoms with Crippen molar-refractivity contribution in [2.24, 2.45) is 5.73 Å². The van der Waals surface area contributed by atoms with Crippen LogP contribution in [0.15, 0.2) is 0 Å². The van der Waals surface area contributed by atoms with Gasteiger partial charge in [0.05, 0.1) is 6.10 Å². The molecule has 2 unspecified atom stereocenters. The van der Waals surface area contributed by atoms with Gasteiger partial charge in [-0.05, 0) is 20.5 Å². The van der Waals surface area contributed by atoms with E-state index in [0.29, 0.717) is 13.0 Å². The molecule has 1 aliphatic rings. The summed E-state index contributed by atoms with van der Waals surface area (Å²) in [7, 11) is 3.72. The Kier molecular flexibility index (Phi) is 3.63. The van der Waals surface area contributed by atoms with Crippen LogP contribution in [-0.4, -0.2) is 60.3 Å². The van der Waals surface area contributed by atoms with Crippen LogP contribution in [0.1, 0.15) is 6.42 Å². The minimum Gasteiger partial charge on any atom is -0.386 e. The molecule has 0 saturated carbocycles. The summed E-state index contributed by atoms with van der Waals surface area (Å²) in [5.41, 5.74) is 5.44. The number of nitrogens with zero attached hydrogens (tertiary/aromatic N) is 1. The normalized spacial score (nSPS) is 41.1. The topological polar surface area (TPSA) is 79.0 Å². The molecule has 0 aromatic carbocycles. The van der Waals surface area contributed by atoms with Crippen molar-refractivity contribution in [3.8, 4) is 0 Å². The van der Waals surface area contributed by atoms with Gasteiger partial charge in [0.1, 0.15) is 6.10 Å². The van der Waals surface area contributed by atoms with Crippen LogP contribution in [0, 0.1) is 0 Å². The maximum Gasteiger partial charge on any atom is 0.182 e. The lowest BCUT2D eigenvalue weighted by Crippen LogP contribution is -2.55. The van der Waals surface area contributed by atoms with Crippen LogP contribution >= 0.6 is 0 Å². The van der Waals surface area contributed by atoms with Crippen LogP contribution in [0.2, 0.25) is 0 Å². The van der Waals surface area contributed by atoms with Crippen molar-refractivity contribution < 1.29 is 14.9 Å². The van der Waals surface area contributed by atoms with Gasteiger partial charge in [0.25, 0.3) is 0 Å². The molecule has 1 aliphatic heterocycles. The fourth-order valence-corrected chi connectivity index (χ4v) is 1.60. The zero-order valence-corrected chi connectivity index (χ0v) is 8.05. The fraction of sp³-hybridized carbons (Fsp3) is 1.00. The van der Waals surface area contributed by atoms with Crippen molar-refractivity contribution in [3.63, 3.8) is 0 Å². The lowest BCUT2D eigenvalue weighted by molar-refractivity contribution is -0.231. The van der Waals surface area contributed by atoms with E-state index >= 15 is 0 Å². The zero-order valence-electron chi connectivity index (χ0n) is 8.05. The van der Waals surface area contributed by atoms with Crippen LogP contribution in [0.4, 0.5) is 0 Å². The molecular weight excluding hydrogens is 172 g/mol. The lowest BCUT2D eigenvalue weighted by atomic mass is 9.99. The maximum atomic E-state index is 9.56. The molecule has 13 heavy (non-hydrogen) atoms. The second-order valence-electron chi connectivity index (χ2n) is 3.64. The second kappa shape index (κ2) is 4.34. The van der Waals surface area contributed by atoms with Crippen molar-refractivity contribution in [1.29, 1.82) is 0 Å². The van der Waals surface area contributed by atoms with Gasteiger partial charge in [0, 0.05) is 12.6 Å². The molecule has 4 N–H and O–H groups in total. The molecule has 5 nitrogen and oxygen atoms in total. The van der Waals surface area contributed by atoms with E-state index in [-0.39, 0.29) is 12.1 Å². The average Bonchev–Trinajstić information content (AvgIpc) is 2.09. The van der Waals surface area contributed by atoms with Gasteiger partial charge < -0.3 is 25.6 Å². The Labute approximate surface area is 78.1 Å². The number of rotatable bonds is 2. The SMILES string of the molecule is CN(C)C1C[C@@H](CN)O[C@@H](O)C1O. The number of aliphatic hydroxyl groups is 2. The molecule has 5 heteroatoms. The summed E-state index contributed by atoms with van der Waals surface area (Å²) in [6.45, 7) is 0.369. The molecule has 0 aromatic rings. The molecule has 1 fully saturated rings. The number of ether oxygens (including phenoxy) is 1. The van der Waals surface area contributed by atoms with Gasteiger partial charge in [-0.15, -0.1) is 0 Å². The van der Waals surface area contributed by atoms with Gasteiger partial charge >= 0.3 is 0 Å². The summed E-state index contributed by atoms with van der Waals surface area (Å²) in [6, 6.07) is -0.0858. The molecule has 1 rings (SSSR count). The number of hydrogen-bond acceptors (Lipinski definition) is 5. The number of aliphatic hydroxyl groups excluding tert-OH is 2. The van der Waals surface area contributed by atoms with E-state index in [1.54, 1.807) is 0 Å². The minimum absolute atomic E-state index is 0.0858. The first-order chi connectivity index (χ1) is 6.06. The van der Waals surface area contributed by atoms with Crippen molar-refractivity contribution in [2.75, 3.05) is 20.6 Å². The third kappa shape index (κ3) is 2.38. The number of hydrogen-bond donors (Lipinski definition) is 3. The first kappa shape index (κ1) is 10.9. The average molecular weight is 190 g/mol. The molecule has 78 valence electrons. The highest BCUT2D eigenvalue weighted by Gasteiger charge is 2.36. The summed E-state index contributed by atoms with van der Waals surface area (Å²) >= 11 is 0. The Morgan fingerprint density at radius 3 is 2.54 bits per heavy atom. The van der Waals surface area contributed by atoms with Gasteiger partial charge in [0.2, 0.25) is 0 Å². The molecule has 0 bridgehead atoms. The summed E-state index contributed by atoms with van der Waals surface area (Å²) in [4.78, 5) is 1.87. The fourth-order valence-electron chi connectivity index (χ4n) is 1.60. The van der Waals surface area contributed by atoms with Gasteiger partial charge in [-0.3, -0.25) is 0 Å². The molecule has 1 saturated heterocycles. The largest absolute Gasteiger partial charge is 0.386 e. The van der Waals surface area contributed by atoms with E-state index in [1.807, 2.05) is 19.0 Å². The Morgan fingerprint density at radius 2 is 2.08 bits per heavy atom. The van der Waals surface area contributed by atoms with Crippen molar-refractivity contribution in [2.45, 2.75) is 31.0 Å². The Bertz CT molecular complexity index is 165.